The number of aromatic nitrogens is 3. The molecule has 0 radical (unpaired) electrons. The molecule has 0 spiro atoms. The Hall–Kier alpha value is -3.75. The Morgan fingerprint density at radius 2 is 1.79 bits per heavy atom. The van der Waals surface area contributed by atoms with Crippen molar-refractivity contribution in [2.24, 2.45) is 0 Å². The van der Waals surface area contributed by atoms with Gasteiger partial charge in [-0.1, -0.05) is 18.2 Å². The van der Waals surface area contributed by atoms with Crippen LogP contribution in [-0.2, 0) is 11.3 Å². The van der Waals surface area contributed by atoms with Gasteiger partial charge in [0.1, 0.15) is 17.2 Å². The monoisotopic (exact) mass is 453 g/mol. The maximum absolute atomic E-state index is 13.2. The molecule has 8 nitrogen and oxygen atoms in total. The molecule has 174 valence electrons. The smallest absolute Gasteiger partial charge is 0.410 e. The van der Waals surface area contributed by atoms with E-state index in [1.807, 2.05) is 39.8 Å². The fourth-order valence-corrected chi connectivity index (χ4v) is 3.11. The summed E-state index contributed by atoms with van der Waals surface area (Å²) < 4.78 is 20.2. The zero-order valence-corrected chi connectivity index (χ0v) is 19.4. The highest BCUT2D eigenvalue weighted by Gasteiger charge is 2.23. The fourth-order valence-electron chi connectivity index (χ4n) is 3.11. The molecule has 0 bridgehead atoms. The molecule has 2 amide bonds. The Labute approximate surface area is 192 Å². The number of hydrogen-bond donors (Lipinski definition) is 1. The Morgan fingerprint density at radius 1 is 1.12 bits per heavy atom. The maximum atomic E-state index is 13.2. The third-order valence-electron chi connectivity index (χ3n) is 4.70. The number of ether oxygens (including phenoxy) is 1. The van der Waals surface area contributed by atoms with Crippen molar-refractivity contribution in [3.05, 3.63) is 71.6 Å². The van der Waals surface area contributed by atoms with Crippen LogP contribution in [0.3, 0.4) is 0 Å². The van der Waals surface area contributed by atoms with Crippen molar-refractivity contribution in [3.63, 3.8) is 0 Å². The van der Waals surface area contributed by atoms with E-state index in [2.05, 4.69) is 15.4 Å². The summed E-state index contributed by atoms with van der Waals surface area (Å²) in [5, 5.41) is 7.10. The van der Waals surface area contributed by atoms with Gasteiger partial charge in [0, 0.05) is 12.2 Å². The molecule has 0 aliphatic heterocycles. The van der Waals surface area contributed by atoms with E-state index < -0.39 is 17.6 Å². The Bertz CT molecular complexity index is 1140. The van der Waals surface area contributed by atoms with Crippen molar-refractivity contribution in [2.75, 3.05) is 11.9 Å². The molecule has 1 aromatic heterocycles. The molecule has 2 aromatic carbocycles. The van der Waals surface area contributed by atoms with Crippen LogP contribution in [0.4, 0.5) is 14.9 Å². The van der Waals surface area contributed by atoms with Crippen LogP contribution in [0, 0.1) is 12.7 Å². The Kier molecular flexibility index (Phi) is 7.10. The van der Waals surface area contributed by atoms with Gasteiger partial charge >= 0.3 is 6.09 Å². The van der Waals surface area contributed by atoms with Crippen LogP contribution in [0.1, 0.15) is 49.7 Å². The van der Waals surface area contributed by atoms with Gasteiger partial charge in [-0.2, -0.15) is 0 Å². The van der Waals surface area contributed by atoms with Crippen molar-refractivity contribution < 1.29 is 18.7 Å². The second-order valence-corrected chi connectivity index (χ2v) is 8.48. The quantitative estimate of drug-likeness (QED) is 0.583. The van der Waals surface area contributed by atoms with Crippen molar-refractivity contribution in [2.45, 2.75) is 46.8 Å². The molecule has 0 atom stereocenters. The molecule has 0 unspecified atom stereocenters. The lowest BCUT2D eigenvalue weighted by atomic mass is 10.1. The van der Waals surface area contributed by atoms with E-state index in [1.54, 1.807) is 36.1 Å². The standard InChI is InChI=1S/C24H28FN5O3/c1-6-29(23(32)33-24(3,4)5)15-17-9-7-8-10-20(17)27-22(31)21-26-16(2)30(28-21)19-13-11-18(25)12-14-19/h7-14H,6,15H2,1-5H3,(H,27,31). The summed E-state index contributed by atoms with van der Waals surface area (Å²) in [4.78, 5) is 31.2. The minimum atomic E-state index is -0.606. The Morgan fingerprint density at radius 3 is 2.42 bits per heavy atom. The molecule has 3 aromatic rings. The van der Waals surface area contributed by atoms with Crippen LogP contribution in [0.5, 0.6) is 0 Å². The van der Waals surface area contributed by atoms with Crippen LogP contribution in [-0.4, -0.2) is 43.8 Å². The van der Waals surface area contributed by atoms with Crippen molar-refractivity contribution >= 4 is 17.7 Å². The number of nitrogens with zero attached hydrogens (tertiary/aromatic N) is 4. The van der Waals surface area contributed by atoms with Crippen LogP contribution in [0.25, 0.3) is 5.69 Å². The van der Waals surface area contributed by atoms with Gasteiger partial charge in [0.2, 0.25) is 5.82 Å². The van der Waals surface area contributed by atoms with Gasteiger partial charge in [-0.15, -0.1) is 5.10 Å². The van der Waals surface area contributed by atoms with Crippen molar-refractivity contribution in [3.8, 4) is 5.69 Å². The van der Waals surface area contributed by atoms with Crippen molar-refractivity contribution in [1.82, 2.24) is 19.7 Å². The molecule has 1 N–H and O–H groups in total. The van der Waals surface area contributed by atoms with Crippen molar-refractivity contribution in [1.29, 1.82) is 0 Å². The fraction of sp³-hybridized carbons (Fsp3) is 0.333. The molecule has 0 fully saturated rings. The van der Waals surface area contributed by atoms with E-state index in [0.717, 1.165) is 5.56 Å². The van der Waals surface area contributed by atoms with Gasteiger partial charge in [0.05, 0.1) is 12.2 Å². The topological polar surface area (TPSA) is 89.4 Å². The number of carbonyl (C=O) groups excluding carboxylic acids is 2. The molecule has 33 heavy (non-hydrogen) atoms. The SMILES string of the molecule is CCN(Cc1ccccc1NC(=O)c1nc(C)n(-c2ccc(F)cc2)n1)C(=O)OC(C)(C)C. The van der Waals surface area contributed by atoms with Gasteiger partial charge in [-0.3, -0.25) is 4.79 Å². The summed E-state index contributed by atoms with van der Waals surface area (Å²) in [5.41, 5.74) is 1.27. The molecular formula is C24H28FN5O3. The summed E-state index contributed by atoms with van der Waals surface area (Å²) in [5.74, 6) is -0.390. The van der Waals surface area contributed by atoms with E-state index in [0.29, 0.717) is 23.7 Å². The van der Waals surface area contributed by atoms with Crippen LogP contribution in [0.15, 0.2) is 48.5 Å². The van der Waals surface area contributed by atoms with E-state index in [-0.39, 0.29) is 18.2 Å². The van der Waals surface area contributed by atoms with Crippen LogP contribution >= 0.6 is 0 Å². The number of rotatable bonds is 6. The third kappa shape index (κ3) is 6.15. The van der Waals surface area contributed by atoms with E-state index >= 15 is 0 Å². The number of benzene rings is 2. The van der Waals surface area contributed by atoms with E-state index in [1.165, 1.54) is 16.8 Å². The maximum Gasteiger partial charge on any atom is 0.410 e. The molecule has 1 heterocycles. The summed E-state index contributed by atoms with van der Waals surface area (Å²) in [6.45, 7) is 9.71. The summed E-state index contributed by atoms with van der Waals surface area (Å²) in [6, 6.07) is 13.0. The molecule has 3 rings (SSSR count). The highest BCUT2D eigenvalue weighted by molar-refractivity contribution is 6.02. The number of nitrogens with one attached hydrogen (secondary N) is 1. The number of anilines is 1. The van der Waals surface area contributed by atoms with Gasteiger partial charge in [-0.25, -0.2) is 18.9 Å². The lowest BCUT2D eigenvalue weighted by Crippen LogP contribution is -2.36. The molecule has 0 aliphatic rings. The normalized spacial score (nSPS) is 11.2. The average molecular weight is 454 g/mol. The Balaban J connectivity index is 1.78. The minimum absolute atomic E-state index is 0.0221. The van der Waals surface area contributed by atoms with Gasteiger partial charge < -0.3 is 15.0 Å². The number of para-hydroxylation sites is 1. The number of hydrogen-bond acceptors (Lipinski definition) is 5. The zero-order chi connectivity index (χ0) is 24.2. The summed E-state index contributed by atoms with van der Waals surface area (Å²) in [7, 11) is 0. The third-order valence-corrected chi connectivity index (χ3v) is 4.70. The summed E-state index contributed by atoms with van der Waals surface area (Å²) in [6.07, 6.45) is -0.429. The highest BCUT2D eigenvalue weighted by Crippen LogP contribution is 2.20. The first-order valence-electron chi connectivity index (χ1n) is 10.6. The second-order valence-electron chi connectivity index (χ2n) is 8.48. The first kappa shape index (κ1) is 23.9. The number of carbonyl (C=O) groups is 2. The van der Waals surface area contributed by atoms with E-state index in [4.69, 9.17) is 4.74 Å². The molecule has 0 aliphatic carbocycles. The highest BCUT2D eigenvalue weighted by atomic mass is 19.1. The molecule has 0 saturated carbocycles. The van der Waals surface area contributed by atoms with Crippen LogP contribution < -0.4 is 5.32 Å². The first-order chi connectivity index (χ1) is 15.6. The van der Waals surface area contributed by atoms with Gasteiger partial charge in [0.15, 0.2) is 0 Å². The number of aryl methyl sites for hydroxylation is 1. The average Bonchev–Trinajstić information content (AvgIpc) is 3.14. The molecule has 0 saturated heterocycles. The molecule has 9 heteroatoms. The second kappa shape index (κ2) is 9.81. The zero-order valence-electron chi connectivity index (χ0n) is 19.4. The first-order valence-corrected chi connectivity index (χ1v) is 10.6. The molecular weight excluding hydrogens is 425 g/mol. The lowest BCUT2D eigenvalue weighted by molar-refractivity contribution is 0.0245. The predicted molar refractivity (Wildman–Crippen MR) is 123 cm³/mol. The lowest BCUT2D eigenvalue weighted by Gasteiger charge is -2.27. The minimum Gasteiger partial charge on any atom is -0.444 e. The number of amides is 2. The van der Waals surface area contributed by atoms with Crippen LogP contribution in [0.2, 0.25) is 0 Å². The number of halogens is 1. The van der Waals surface area contributed by atoms with E-state index in [9.17, 15) is 14.0 Å². The van der Waals surface area contributed by atoms with Gasteiger partial charge in [-0.05, 0) is 70.5 Å². The largest absolute Gasteiger partial charge is 0.444 e. The summed E-state index contributed by atoms with van der Waals surface area (Å²) >= 11 is 0. The van der Waals surface area contributed by atoms with Gasteiger partial charge in [0.25, 0.3) is 5.91 Å². The predicted octanol–water partition coefficient (Wildman–Crippen LogP) is 4.72.